The molecular weight excluding hydrogens is 216 g/mol. The minimum absolute atomic E-state index is 0.630. The second kappa shape index (κ2) is 3.78. The van der Waals surface area contributed by atoms with E-state index in [2.05, 4.69) is 9.97 Å². The van der Waals surface area contributed by atoms with Crippen molar-refractivity contribution in [3.05, 3.63) is 30.1 Å². The lowest BCUT2D eigenvalue weighted by Gasteiger charge is -1.98. The van der Waals surface area contributed by atoms with Crippen LogP contribution in [-0.2, 0) is 6.42 Å². The van der Waals surface area contributed by atoms with E-state index in [1.54, 1.807) is 7.11 Å². The van der Waals surface area contributed by atoms with E-state index in [0.29, 0.717) is 6.54 Å². The lowest BCUT2D eigenvalue weighted by molar-refractivity contribution is 0.415. The van der Waals surface area contributed by atoms with Crippen LogP contribution in [0.25, 0.3) is 16.8 Å². The van der Waals surface area contributed by atoms with Gasteiger partial charge in [-0.1, -0.05) is 0 Å². The summed E-state index contributed by atoms with van der Waals surface area (Å²) in [5.41, 5.74) is 8.63. The SMILES string of the molecule is COc1ccc2nc3[nH]c(CCN)cn3c2c1. The van der Waals surface area contributed by atoms with E-state index in [1.165, 1.54) is 0 Å². The summed E-state index contributed by atoms with van der Waals surface area (Å²) in [6, 6.07) is 5.85. The van der Waals surface area contributed by atoms with Gasteiger partial charge in [0, 0.05) is 24.4 Å². The van der Waals surface area contributed by atoms with Crippen molar-refractivity contribution >= 4 is 16.8 Å². The number of aromatic nitrogens is 3. The summed E-state index contributed by atoms with van der Waals surface area (Å²) in [5.74, 6) is 1.68. The second-order valence-electron chi connectivity index (χ2n) is 3.98. The van der Waals surface area contributed by atoms with Gasteiger partial charge in [0.2, 0.25) is 5.78 Å². The molecule has 0 amide bonds. The van der Waals surface area contributed by atoms with Gasteiger partial charge in [-0.25, -0.2) is 4.98 Å². The molecule has 17 heavy (non-hydrogen) atoms. The van der Waals surface area contributed by atoms with E-state index in [9.17, 15) is 0 Å². The molecule has 2 aromatic heterocycles. The molecule has 5 nitrogen and oxygen atoms in total. The number of nitrogens with two attached hydrogens (primary N) is 1. The lowest BCUT2D eigenvalue weighted by Crippen LogP contribution is -2.02. The molecule has 0 radical (unpaired) electrons. The molecule has 5 heteroatoms. The van der Waals surface area contributed by atoms with E-state index < -0.39 is 0 Å². The van der Waals surface area contributed by atoms with E-state index >= 15 is 0 Å². The van der Waals surface area contributed by atoms with E-state index in [1.807, 2.05) is 28.8 Å². The van der Waals surface area contributed by atoms with Crippen LogP contribution in [0.1, 0.15) is 5.69 Å². The predicted octanol–water partition coefficient (Wildman–Crippen LogP) is 1.33. The van der Waals surface area contributed by atoms with Crippen LogP contribution < -0.4 is 10.5 Å². The first-order chi connectivity index (χ1) is 8.31. The molecule has 1 aromatic carbocycles. The number of ether oxygens (including phenoxy) is 1. The molecule has 0 fully saturated rings. The Balaban J connectivity index is 2.23. The molecule has 0 aliphatic rings. The number of nitrogens with zero attached hydrogens (tertiary/aromatic N) is 2. The average molecular weight is 230 g/mol. The Hall–Kier alpha value is -2.01. The maximum absolute atomic E-state index is 5.54. The fraction of sp³-hybridized carbons (Fsp3) is 0.250. The van der Waals surface area contributed by atoms with Crippen molar-refractivity contribution in [3.63, 3.8) is 0 Å². The van der Waals surface area contributed by atoms with Crippen molar-refractivity contribution in [2.75, 3.05) is 13.7 Å². The molecule has 0 spiro atoms. The summed E-state index contributed by atoms with van der Waals surface area (Å²) >= 11 is 0. The third-order valence-electron chi connectivity index (χ3n) is 2.87. The highest BCUT2D eigenvalue weighted by molar-refractivity contribution is 5.81. The van der Waals surface area contributed by atoms with Gasteiger partial charge in [-0.3, -0.25) is 4.40 Å². The molecule has 0 unspecified atom stereocenters. The number of benzene rings is 1. The van der Waals surface area contributed by atoms with Crippen molar-refractivity contribution in [1.29, 1.82) is 0 Å². The number of imidazole rings is 2. The molecular formula is C12H14N4O. The second-order valence-corrected chi connectivity index (χ2v) is 3.98. The maximum atomic E-state index is 5.54. The molecule has 0 aliphatic heterocycles. The molecule has 0 saturated heterocycles. The third kappa shape index (κ3) is 1.55. The van der Waals surface area contributed by atoms with Gasteiger partial charge in [0.1, 0.15) is 5.75 Å². The van der Waals surface area contributed by atoms with Gasteiger partial charge in [0.25, 0.3) is 0 Å². The number of aromatic amines is 1. The monoisotopic (exact) mass is 230 g/mol. The number of H-pyrrole nitrogens is 1. The van der Waals surface area contributed by atoms with Gasteiger partial charge >= 0.3 is 0 Å². The number of methoxy groups -OCH3 is 1. The van der Waals surface area contributed by atoms with Gasteiger partial charge in [-0.05, 0) is 18.7 Å². The normalized spacial score (nSPS) is 11.4. The zero-order valence-electron chi connectivity index (χ0n) is 9.60. The summed E-state index contributed by atoms with van der Waals surface area (Å²) in [4.78, 5) is 7.76. The fourth-order valence-electron chi connectivity index (χ4n) is 2.03. The van der Waals surface area contributed by atoms with Gasteiger partial charge in [-0.15, -0.1) is 0 Å². The Kier molecular flexibility index (Phi) is 2.26. The first-order valence-electron chi connectivity index (χ1n) is 5.55. The van der Waals surface area contributed by atoms with E-state index in [0.717, 1.165) is 34.7 Å². The standard InChI is InChI=1S/C12H14N4O/c1-17-9-2-3-10-11(6-9)16-7-8(4-5-13)14-12(16)15-10/h2-3,6-7H,4-5,13H2,1H3,(H,14,15). The highest BCUT2D eigenvalue weighted by Crippen LogP contribution is 2.22. The molecule has 3 aromatic rings. The van der Waals surface area contributed by atoms with Crippen LogP contribution in [0.2, 0.25) is 0 Å². The smallest absolute Gasteiger partial charge is 0.212 e. The Morgan fingerprint density at radius 2 is 2.35 bits per heavy atom. The summed E-state index contributed by atoms with van der Waals surface area (Å²) < 4.78 is 7.25. The van der Waals surface area contributed by atoms with Crippen molar-refractivity contribution in [1.82, 2.24) is 14.4 Å². The maximum Gasteiger partial charge on any atom is 0.212 e. The number of hydrogen-bond acceptors (Lipinski definition) is 3. The Morgan fingerprint density at radius 1 is 1.47 bits per heavy atom. The molecule has 0 saturated carbocycles. The predicted molar refractivity (Wildman–Crippen MR) is 66.4 cm³/mol. The molecule has 3 N–H and O–H groups in total. The zero-order chi connectivity index (χ0) is 11.8. The first-order valence-corrected chi connectivity index (χ1v) is 5.55. The summed E-state index contributed by atoms with van der Waals surface area (Å²) in [7, 11) is 1.66. The summed E-state index contributed by atoms with van der Waals surface area (Å²) in [6.45, 7) is 0.630. The van der Waals surface area contributed by atoms with Crippen LogP contribution >= 0.6 is 0 Å². The number of hydrogen-bond donors (Lipinski definition) is 2. The minimum atomic E-state index is 0.630. The van der Waals surface area contributed by atoms with Crippen molar-refractivity contribution in [2.45, 2.75) is 6.42 Å². The molecule has 0 aliphatic carbocycles. The van der Waals surface area contributed by atoms with Crippen LogP contribution in [0.5, 0.6) is 5.75 Å². The van der Waals surface area contributed by atoms with Crippen LogP contribution in [0.4, 0.5) is 0 Å². The average Bonchev–Trinajstić information content (AvgIpc) is 2.86. The van der Waals surface area contributed by atoms with Crippen molar-refractivity contribution in [3.8, 4) is 5.75 Å². The lowest BCUT2D eigenvalue weighted by atomic mass is 10.3. The first kappa shape index (κ1) is 10.2. The van der Waals surface area contributed by atoms with Gasteiger partial charge in [-0.2, -0.15) is 0 Å². The Morgan fingerprint density at radius 3 is 3.12 bits per heavy atom. The quantitative estimate of drug-likeness (QED) is 0.713. The Bertz CT molecular complexity index is 668. The third-order valence-corrected chi connectivity index (χ3v) is 2.87. The summed E-state index contributed by atoms with van der Waals surface area (Å²) in [5, 5.41) is 0. The highest BCUT2D eigenvalue weighted by Gasteiger charge is 2.08. The van der Waals surface area contributed by atoms with E-state index in [-0.39, 0.29) is 0 Å². The molecule has 2 heterocycles. The van der Waals surface area contributed by atoms with Crippen LogP contribution in [-0.4, -0.2) is 28.0 Å². The summed E-state index contributed by atoms with van der Waals surface area (Å²) in [6.07, 6.45) is 2.87. The molecule has 88 valence electrons. The van der Waals surface area contributed by atoms with Gasteiger partial charge in [0.15, 0.2) is 0 Å². The van der Waals surface area contributed by atoms with E-state index in [4.69, 9.17) is 10.5 Å². The molecule has 0 bridgehead atoms. The topological polar surface area (TPSA) is 68.3 Å². The number of nitrogens with one attached hydrogen (secondary N) is 1. The zero-order valence-corrected chi connectivity index (χ0v) is 9.60. The minimum Gasteiger partial charge on any atom is -0.497 e. The van der Waals surface area contributed by atoms with Crippen LogP contribution in [0.15, 0.2) is 24.4 Å². The largest absolute Gasteiger partial charge is 0.497 e. The van der Waals surface area contributed by atoms with Gasteiger partial charge < -0.3 is 15.5 Å². The van der Waals surface area contributed by atoms with Crippen LogP contribution in [0, 0.1) is 0 Å². The Labute approximate surface area is 98.2 Å². The molecule has 3 rings (SSSR count). The van der Waals surface area contributed by atoms with Crippen LogP contribution in [0.3, 0.4) is 0 Å². The number of rotatable bonds is 3. The fourth-order valence-corrected chi connectivity index (χ4v) is 2.03. The molecule has 0 atom stereocenters. The van der Waals surface area contributed by atoms with Crippen molar-refractivity contribution in [2.24, 2.45) is 5.73 Å². The highest BCUT2D eigenvalue weighted by atomic mass is 16.5. The number of fused-ring (bicyclic) bond motifs is 3. The van der Waals surface area contributed by atoms with Crippen molar-refractivity contribution < 1.29 is 4.74 Å². The van der Waals surface area contributed by atoms with Gasteiger partial charge in [0.05, 0.1) is 18.1 Å².